The predicted molar refractivity (Wildman–Crippen MR) is 89.6 cm³/mol. The number of carbonyl (C=O) groups is 2. The van der Waals surface area contributed by atoms with Crippen LogP contribution in [0.5, 0.6) is 5.75 Å². The molecular formula is C18H26N2O3. The van der Waals surface area contributed by atoms with Gasteiger partial charge in [0, 0.05) is 26.1 Å². The summed E-state index contributed by atoms with van der Waals surface area (Å²) < 4.78 is 5.47. The van der Waals surface area contributed by atoms with E-state index in [-0.39, 0.29) is 11.8 Å². The first-order valence-corrected chi connectivity index (χ1v) is 8.50. The fourth-order valence-electron chi connectivity index (χ4n) is 2.78. The van der Waals surface area contributed by atoms with Gasteiger partial charge in [0.1, 0.15) is 5.75 Å². The van der Waals surface area contributed by atoms with E-state index in [1.165, 1.54) is 0 Å². The van der Waals surface area contributed by atoms with Gasteiger partial charge in [-0.15, -0.1) is 0 Å². The number of rotatable bonds is 7. The summed E-state index contributed by atoms with van der Waals surface area (Å²) in [5.41, 5.74) is 0.556. The number of ether oxygens (including phenoxy) is 1. The second kappa shape index (κ2) is 9.18. The number of carbonyl (C=O) groups excluding carboxylic acids is 2. The summed E-state index contributed by atoms with van der Waals surface area (Å²) in [6, 6.07) is 7.24. The number of hydrogen-bond donors (Lipinski definition) is 1. The Morgan fingerprint density at radius 3 is 2.91 bits per heavy atom. The average molecular weight is 318 g/mol. The largest absolute Gasteiger partial charge is 0.493 e. The molecule has 0 bridgehead atoms. The Hall–Kier alpha value is -2.04. The normalized spacial score (nSPS) is 15.2. The van der Waals surface area contributed by atoms with E-state index < -0.39 is 0 Å². The monoisotopic (exact) mass is 318 g/mol. The summed E-state index contributed by atoms with van der Waals surface area (Å²) >= 11 is 0. The van der Waals surface area contributed by atoms with Gasteiger partial charge in [-0.1, -0.05) is 18.6 Å². The van der Waals surface area contributed by atoms with E-state index in [9.17, 15) is 9.59 Å². The minimum atomic E-state index is -0.128. The molecule has 0 aliphatic carbocycles. The third kappa shape index (κ3) is 5.27. The summed E-state index contributed by atoms with van der Waals surface area (Å²) in [5.74, 6) is 0.724. The van der Waals surface area contributed by atoms with Gasteiger partial charge < -0.3 is 15.0 Å². The maximum Gasteiger partial charge on any atom is 0.255 e. The Kier molecular flexibility index (Phi) is 6.91. The minimum Gasteiger partial charge on any atom is -0.493 e. The molecule has 1 aliphatic rings. The number of amides is 2. The van der Waals surface area contributed by atoms with Crippen LogP contribution in [0, 0.1) is 0 Å². The van der Waals surface area contributed by atoms with Crippen molar-refractivity contribution >= 4 is 11.8 Å². The van der Waals surface area contributed by atoms with E-state index in [2.05, 4.69) is 5.32 Å². The van der Waals surface area contributed by atoms with Crippen LogP contribution in [0.3, 0.4) is 0 Å². The number of nitrogens with one attached hydrogen (secondary N) is 1. The number of benzene rings is 1. The molecule has 1 fully saturated rings. The van der Waals surface area contributed by atoms with Crippen molar-refractivity contribution in [3.63, 3.8) is 0 Å². The molecule has 5 heteroatoms. The highest BCUT2D eigenvalue weighted by atomic mass is 16.5. The standard InChI is InChI=1S/C18H26N2O3/c1-2-23-16-10-6-5-9-15(16)18(22)19-12-8-14-20-13-7-3-4-11-17(20)21/h5-6,9-10H,2-4,7-8,11-14H2,1H3,(H,19,22). The highest BCUT2D eigenvalue weighted by Crippen LogP contribution is 2.17. The molecule has 2 amide bonds. The van der Waals surface area contributed by atoms with Crippen molar-refractivity contribution < 1.29 is 14.3 Å². The molecule has 1 N–H and O–H groups in total. The van der Waals surface area contributed by atoms with Gasteiger partial charge in [-0.3, -0.25) is 9.59 Å². The number of likely N-dealkylation sites (tertiary alicyclic amines) is 1. The molecule has 1 heterocycles. The van der Waals surface area contributed by atoms with E-state index in [0.717, 1.165) is 32.2 Å². The first-order valence-electron chi connectivity index (χ1n) is 8.50. The van der Waals surface area contributed by atoms with Crippen LogP contribution < -0.4 is 10.1 Å². The van der Waals surface area contributed by atoms with Crippen molar-refractivity contribution in [2.45, 2.75) is 39.0 Å². The van der Waals surface area contributed by atoms with Crippen LogP contribution in [0.25, 0.3) is 0 Å². The van der Waals surface area contributed by atoms with Crippen LogP contribution in [0.2, 0.25) is 0 Å². The molecule has 126 valence electrons. The Morgan fingerprint density at radius 1 is 1.26 bits per heavy atom. The Labute approximate surface area is 138 Å². The molecule has 1 saturated heterocycles. The van der Waals surface area contributed by atoms with E-state index in [4.69, 9.17) is 4.74 Å². The van der Waals surface area contributed by atoms with Gasteiger partial charge in [-0.05, 0) is 38.3 Å². The van der Waals surface area contributed by atoms with Crippen molar-refractivity contribution in [1.82, 2.24) is 10.2 Å². The molecule has 5 nitrogen and oxygen atoms in total. The van der Waals surface area contributed by atoms with Crippen molar-refractivity contribution in [2.24, 2.45) is 0 Å². The molecule has 0 unspecified atom stereocenters. The lowest BCUT2D eigenvalue weighted by Gasteiger charge is -2.20. The van der Waals surface area contributed by atoms with Crippen LogP contribution in [-0.4, -0.2) is 43.0 Å². The zero-order chi connectivity index (χ0) is 16.5. The summed E-state index contributed by atoms with van der Waals surface area (Å²) in [7, 11) is 0. The first-order chi connectivity index (χ1) is 11.2. The predicted octanol–water partition coefficient (Wildman–Crippen LogP) is 2.61. The van der Waals surface area contributed by atoms with Gasteiger partial charge in [0.2, 0.25) is 5.91 Å². The zero-order valence-corrected chi connectivity index (χ0v) is 13.8. The minimum absolute atomic E-state index is 0.128. The maximum atomic E-state index is 12.2. The molecule has 0 radical (unpaired) electrons. The first kappa shape index (κ1) is 17.3. The van der Waals surface area contributed by atoms with E-state index >= 15 is 0 Å². The molecule has 0 spiro atoms. The molecule has 1 aromatic carbocycles. The third-order valence-electron chi connectivity index (χ3n) is 3.99. The van der Waals surface area contributed by atoms with Crippen molar-refractivity contribution in [3.05, 3.63) is 29.8 Å². The average Bonchev–Trinajstić information content (AvgIpc) is 2.77. The number of nitrogens with zero attached hydrogens (tertiary/aromatic N) is 1. The lowest BCUT2D eigenvalue weighted by atomic mass is 10.2. The number of hydrogen-bond acceptors (Lipinski definition) is 3. The van der Waals surface area contributed by atoms with Crippen LogP contribution >= 0.6 is 0 Å². The highest BCUT2D eigenvalue weighted by Gasteiger charge is 2.16. The summed E-state index contributed by atoms with van der Waals surface area (Å²) in [6.45, 7) is 4.55. The third-order valence-corrected chi connectivity index (χ3v) is 3.99. The molecule has 2 rings (SSSR count). The van der Waals surface area contributed by atoms with Crippen LogP contribution in [0.15, 0.2) is 24.3 Å². The van der Waals surface area contributed by atoms with E-state index in [1.54, 1.807) is 12.1 Å². The van der Waals surface area contributed by atoms with Crippen molar-refractivity contribution in [3.8, 4) is 5.75 Å². The summed E-state index contributed by atoms with van der Waals surface area (Å²) in [6.07, 6.45) is 4.65. The van der Waals surface area contributed by atoms with Crippen LogP contribution in [0.1, 0.15) is 49.4 Å². The SMILES string of the molecule is CCOc1ccccc1C(=O)NCCCN1CCCCCC1=O. The smallest absolute Gasteiger partial charge is 0.255 e. The van der Waals surface area contributed by atoms with Gasteiger partial charge >= 0.3 is 0 Å². The Bertz CT molecular complexity index is 531. The lowest BCUT2D eigenvalue weighted by molar-refractivity contribution is -0.130. The van der Waals surface area contributed by atoms with Crippen LogP contribution in [-0.2, 0) is 4.79 Å². The second-order valence-corrected chi connectivity index (χ2v) is 5.73. The van der Waals surface area contributed by atoms with Gasteiger partial charge in [0.15, 0.2) is 0 Å². The molecule has 0 saturated carbocycles. The zero-order valence-electron chi connectivity index (χ0n) is 13.8. The van der Waals surface area contributed by atoms with Crippen molar-refractivity contribution in [1.29, 1.82) is 0 Å². The highest BCUT2D eigenvalue weighted by molar-refractivity contribution is 5.96. The van der Waals surface area contributed by atoms with E-state index in [0.29, 0.717) is 37.4 Å². The molecule has 0 aromatic heterocycles. The van der Waals surface area contributed by atoms with Gasteiger partial charge in [0.25, 0.3) is 5.91 Å². The molecular weight excluding hydrogens is 292 g/mol. The second-order valence-electron chi connectivity index (χ2n) is 5.73. The molecule has 1 aromatic rings. The lowest BCUT2D eigenvalue weighted by Crippen LogP contribution is -2.34. The molecule has 0 atom stereocenters. The fourth-order valence-corrected chi connectivity index (χ4v) is 2.78. The Balaban J connectivity index is 1.77. The van der Waals surface area contributed by atoms with Gasteiger partial charge in [0.05, 0.1) is 12.2 Å². The molecule has 23 heavy (non-hydrogen) atoms. The van der Waals surface area contributed by atoms with Gasteiger partial charge in [-0.25, -0.2) is 0 Å². The molecule has 1 aliphatic heterocycles. The van der Waals surface area contributed by atoms with Crippen LogP contribution in [0.4, 0.5) is 0 Å². The van der Waals surface area contributed by atoms with E-state index in [1.807, 2.05) is 24.0 Å². The topological polar surface area (TPSA) is 58.6 Å². The number of para-hydroxylation sites is 1. The van der Waals surface area contributed by atoms with Gasteiger partial charge in [-0.2, -0.15) is 0 Å². The maximum absolute atomic E-state index is 12.2. The summed E-state index contributed by atoms with van der Waals surface area (Å²) in [5, 5.41) is 2.91. The quantitative estimate of drug-likeness (QED) is 0.786. The summed E-state index contributed by atoms with van der Waals surface area (Å²) in [4.78, 5) is 26.1. The Morgan fingerprint density at radius 2 is 2.09 bits per heavy atom. The van der Waals surface area contributed by atoms with Crippen molar-refractivity contribution in [2.75, 3.05) is 26.2 Å². The fraction of sp³-hybridized carbons (Fsp3) is 0.556.